The summed E-state index contributed by atoms with van der Waals surface area (Å²) in [6.45, 7) is 8.01. The van der Waals surface area contributed by atoms with Gasteiger partial charge in [-0.15, -0.1) is 0 Å². The van der Waals surface area contributed by atoms with Crippen LogP contribution >= 0.6 is 0 Å². The van der Waals surface area contributed by atoms with Gasteiger partial charge in [-0.3, -0.25) is 9.59 Å². The number of nitrogens with zero attached hydrogens (tertiary/aromatic N) is 2. The number of hydrogen-bond donors (Lipinski definition) is 1. The lowest BCUT2D eigenvalue weighted by molar-refractivity contribution is -0.129. The summed E-state index contributed by atoms with van der Waals surface area (Å²) in [5.41, 5.74) is 1.62. The lowest BCUT2D eigenvalue weighted by Gasteiger charge is -2.35. The van der Waals surface area contributed by atoms with Crippen LogP contribution in [-0.4, -0.2) is 50.0 Å². The first kappa shape index (κ1) is 15.9. The lowest BCUT2D eigenvalue weighted by Crippen LogP contribution is -2.48. The van der Waals surface area contributed by atoms with E-state index in [1.807, 2.05) is 23.1 Å². The van der Waals surface area contributed by atoms with Gasteiger partial charge in [0.25, 0.3) is 0 Å². The molecule has 1 saturated heterocycles. The Morgan fingerprint density at radius 2 is 1.95 bits per heavy atom. The average Bonchev–Trinajstić information content (AvgIpc) is 2.55. The molecule has 0 atom stereocenters. The average molecular weight is 303 g/mol. The normalized spacial score (nSPS) is 14.5. The quantitative estimate of drug-likeness (QED) is 0.856. The van der Waals surface area contributed by atoms with Crippen molar-refractivity contribution < 1.29 is 14.3 Å². The highest BCUT2D eigenvalue weighted by atomic mass is 16.5. The molecule has 1 aromatic carbocycles. The lowest BCUT2D eigenvalue weighted by atomic mass is 10.2. The minimum absolute atomic E-state index is 0.111. The number of methoxy groups -OCH3 is 1. The van der Waals surface area contributed by atoms with Gasteiger partial charge in [0, 0.05) is 44.9 Å². The molecule has 118 valence electrons. The number of amides is 2. The molecule has 1 N–H and O–H groups in total. The standard InChI is InChI=1S/C16H21N3O3/c1-4-16(21)17-14-6-5-13(11-15(14)22-3)19-9-7-18(8-10-19)12(2)20/h4-6,11H,1,7-10H2,2-3H3,(H,17,21). The maximum absolute atomic E-state index is 11.4. The molecule has 1 fully saturated rings. The highest BCUT2D eigenvalue weighted by Gasteiger charge is 2.19. The highest BCUT2D eigenvalue weighted by molar-refractivity contribution is 6.00. The number of piperazine rings is 1. The third kappa shape index (κ3) is 3.58. The number of carbonyl (C=O) groups is 2. The number of benzene rings is 1. The Labute approximate surface area is 130 Å². The zero-order chi connectivity index (χ0) is 16.1. The largest absolute Gasteiger partial charge is 0.494 e. The molecule has 22 heavy (non-hydrogen) atoms. The predicted octanol–water partition coefficient (Wildman–Crippen LogP) is 1.49. The minimum atomic E-state index is -0.277. The topological polar surface area (TPSA) is 61.9 Å². The van der Waals surface area contributed by atoms with Crippen LogP contribution in [0.25, 0.3) is 0 Å². The summed E-state index contributed by atoms with van der Waals surface area (Å²) >= 11 is 0. The molecule has 6 heteroatoms. The van der Waals surface area contributed by atoms with Crippen LogP contribution in [0.15, 0.2) is 30.9 Å². The van der Waals surface area contributed by atoms with E-state index in [2.05, 4.69) is 16.8 Å². The van der Waals surface area contributed by atoms with E-state index in [0.717, 1.165) is 18.8 Å². The first-order valence-electron chi connectivity index (χ1n) is 7.17. The van der Waals surface area contributed by atoms with Crippen molar-refractivity contribution in [3.63, 3.8) is 0 Å². The van der Waals surface area contributed by atoms with Gasteiger partial charge in [0.1, 0.15) is 5.75 Å². The fourth-order valence-electron chi connectivity index (χ4n) is 2.44. The summed E-state index contributed by atoms with van der Waals surface area (Å²) in [5, 5.41) is 2.71. The van der Waals surface area contributed by atoms with Crippen LogP contribution in [0.3, 0.4) is 0 Å². The van der Waals surface area contributed by atoms with Crippen LogP contribution in [0.5, 0.6) is 5.75 Å². The predicted molar refractivity (Wildman–Crippen MR) is 86.3 cm³/mol. The summed E-state index contributed by atoms with van der Waals surface area (Å²) in [4.78, 5) is 26.8. The molecule has 0 aliphatic carbocycles. The Morgan fingerprint density at radius 1 is 1.27 bits per heavy atom. The molecular formula is C16H21N3O3. The van der Waals surface area contributed by atoms with Crippen molar-refractivity contribution >= 4 is 23.2 Å². The van der Waals surface area contributed by atoms with Gasteiger partial charge >= 0.3 is 0 Å². The number of rotatable bonds is 4. The van der Waals surface area contributed by atoms with Crippen molar-refractivity contribution in [2.75, 3.05) is 43.5 Å². The van der Waals surface area contributed by atoms with E-state index in [4.69, 9.17) is 4.74 Å². The maximum atomic E-state index is 11.4. The summed E-state index contributed by atoms with van der Waals surface area (Å²) in [5.74, 6) is 0.433. The van der Waals surface area contributed by atoms with Gasteiger partial charge in [0.15, 0.2) is 0 Å². The smallest absolute Gasteiger partial charge is 0.247 e. The Morgan fingerprint density at radius 3 is 2.50 bits per heavy atom. The third-order valence-corrected chi connectivity index (χ3v) is 3.72. The van der Waals surface area contributed by atoms with E-state index in [1.165, 1.54) is 6.08 Å². The van der Waals surface area contributed by atoms with E-state index in [9.17, 15) is 9.59 Å². The molecule has 1 heterocycles. The van der Waals surface area contributed by atoms with Crippen LogP contribution in [-0.2, 0) is 9.59 Å². The Bertz CT molecular complexity index is 578. The second kappa shape index (κ2) is 6.98. The molecule has 1 aliphatic rings. The molecule has 6 nitrogen and oxygen atoms in total. The van der Waals surface area contributed by atoms with Gasteiger partial charge in [0.05, 0.1) is 12.8 Å². The first-order valence-corrected chi connectivity index (χ1v) is 7.17. The molecule has 0 spiro atoms. The minimum Gasteiger partial charge on any atom is -0.494 e. The molecule has 0 bridgehead atoms. The Balaban J connectivity index is 2.11. The van der Waals surface area contributed by atoms with Gasteiger partial charge in [-0.05, 0) is 18.2 Å². The van der Waals surface area contributed by atoms with E-state index < -0.39 is 0 Å². The zero-order valence-electron chi connectivity index (χ0n) is 13.0. The first-order chi connectivity index (χ1) is 10.5. The van der Waals surface area contributed by atoms with Gasteiger partial charge < -0.3 is 19.9 Å². The molecule has 0 aromatic heterocycles. The van der Waals surface area contributed by atoms with Gasteiger partial charge in [0.2, 0.25) is 11.8 Å². The fourth-order valence-corrected chi connectivity index (χ4v) is 2.44. The van der Waals surface area contributed by atoms with Crippen molar-refractivity contribution in [2.24, 2.45) is 0 Å². The number of hydrogen-bond acceptors (Lipinski definition) is 4. The molecule has 2 amide bonds. The molecule has 0 radical (unpaired) electrons. The van der Waals surface area contributed by atoms with Crippen LogP contribution in [0.1, 0.15) is 6.92 Å². The van der Waals surface area contributed by atoms with Crippen molar-refractivity contribution in [3.05, 3.63) is 30.9 Å². The molecular weight excluding hydrogens is 282 g/mol. The summed E-state index contributed by atoms with van der Waals surface area (Å²) < 4.78 is 5.34. The van der Waals surface area contributed by atoms with E-state index >= 15 is 0 Å². The van der Waals surface area contributed by atoms with Gasteiger partial charge in [-0.25, -0.2) is 0 Å². The maximum Gasteiger partial charge on any atom is 0.247 e. The summed E-state index contributed by atoms with van der Waals surface area (Å²) in [7, 11) is 1.57. The highest BCUT2D eigenvalue weighted by Crippen LogP contribution is 2.30. The molecule has 2 rings (SSSR count). The summed E-state index contributed by atoms with van der Waals surface area (Å²) in [6.07, 6.45) is 1.22. The van der Waals surface area contributed by atoms with Crippen LogP contribution < -0.4 is 15.0 Å². The van der Waals surface area contributed by atoms with Crippen molar-refractivity contribution in [3.8, 4) is 5.75 Å². The SMILES string of the molecule is C=CC(=O)Nc1ccc(N2CCN(C(C)=O)CC2)cc1OC. The van der Waals surface area contributed by atoms with Crippen LogP contribution in [0.2, 0.25) is 0 Å². The van der Waals surface area contributed by atoms with Crippen LogP contribution in [0, 0.1) is 0 Å². The molecule has 0 unspecified atom stereocenters. The van der Waals surface area contributed by atoms with E-state index in [1.54, 1.807) is 14.0 Å². The molecule has 0 saturated carbocycles. The number of anilines is 2. The zero-order valence-corrected chi connectivity index (χ0v) is 13.0. The Hall–Kier alpha value is -2.50. The van der Waals surface area contributed by atoms with Crippen molar-refractivity contribution in [1.29, 1.82) is 0 Å². The molecule has 1 aliphatic heterocycles. The van der Waals surface area contributed by atoms with E-state index in [-0.39, 0.29) is 11.8 Å². The third-order valence-electron chi connectivity index (χ3n) is 3.72. The number of carbonyl (C=O) groups excluding carboxylic acids is 2. The van der Waals surface area contributed by atoms with Crippen LogP contribution in [0.4, 0.5) is 11.4 Å². The van der Waals surface area contributed by atoms with Crippen molar-refractivity contribution in [1.82, 2.24) is 4.90 Å². The van der Waals surface area contributed by atoms with Crippen molar-refractivity contribution in [2.45, 2.75) is 6.92 Å². The second-order valence-corrected chi connectivity index (χ2v) is 5.07. The Kier molecular flexibility index (Phi) is 5.04. The monoisotopic (exact) mass is 303 g/mol. The second-order valence-electron chi connectivity index (χ2n) is 5.07. The summed E-state index contributed by atoms with van der Waals surface area (Å²) in [6, 6.07) is 5.64. The molecule has 1 aromatic rings. The number of ether oxygens (including phenoxy) is 1. The van der Waals surface area contributed by atoms with E-state index in [0.29, 0.717) is 24.5 Å². The number of nitrogens with one attached hydrogen (secondary N) is 1. The fraction of sp³-hybridized carbons (Fsp3) is 0.375. The van der Waals surface area contributed by atoms with Gasteiger partial charge in [-0.1, -0.05) is 6.58 Å². The van der Waals surface area contributed by atoms with Gasteiger partial charge in [-0.2, -0.15) is 0 Å².